The third-order valence-corrected chi connectivity index (χ3v) is 5.77. The summed E-state index contributed by atoms with van der Waals surface area (Å²) in [7, 11) is 2.24. The number of benzene rings is 1. The number of fused-ring (bicyclic) bond motifs is 1. The number of nitrogens with zero attached hydrogens (tertiary/aromatic N) is 3. The number of para-hydroxylation sites is 1. The van der Waals surface area contributed by atoms with Gasteiger partial charge in [0, 0.05) is 24.6 Å². The van der Waals surface area contributed by atoms with Gasteiger partial charge in [-0.15, -0.1) is 0 Å². The van der Waals surface area contributed by atoms with E-state index in [9.17, 15) is 0 Å². The molecule has 1 atom stereocenters. The second-order valence-electron chi connectivity index (χ2n) is 7.59. The molecule has 1 aromatic heterocycles. The Balaban J connectivity index is 1.82. The van der Waals surface area contributed by atoms with E-state index in [1.807, 2.05) is 0 Å². The molecule has 2 aromatic rings. The normalized spacial score (nSPS) is 21.4. The van der Waals surface area contributed by atoms with Crippen LogP contribution >= 0.6 is 0 Å². The Morgan fingerprint density at radius 2 is 2.08 bits per heavy atom. The standard InChI is InChI=1S/C21H30N4/c1-3-16-9-4-5-12-19(16)25-21-18(11-6-7-13-22-21)20(23-25)17-10-8-14-24(2)15-17/h4-5,9,12,17,22H,3,6-8,10-11,13-15H2,1-2H3. The molecule has 2 aliphatic heterocycles. The van der Waals surface area contributed by atoms with Crippen LogP contribution in [0, 0.1) is 0 Å². The van der Waals surface area contributed by atoms with Crippen LogP contribution in [0.1, 0.15) is 55.3 Å². The molecule has 134 valence electrons. The zero-order valence-electron chi connectivity index (χ0n) is 15.6. The fourth-order valence-corrected chi connectivity index (χ4v) is 4.44. The van der Waals surface area contributed by atoms with Gasteiger partial charge >= 0.3 is 0 Å². The number of likely N-dealkylation sites (N-methyl/N-ethyl adjacent to an activating group) is 1. The molecule has 0 spiro atoms. The van der Waals surface area contributed by atoms with E-state index in [0.29, 0.717) is 5.92 Å². The Morgan fingerprint density at radius 3 is 2.92 bits per heavy atom. The molecule has 1 saturated heterocycles. The highest BCUT2D eigenvalue weighted by atomic mass is 15.3. The average Bonchev–Trinajstić information content (AvgIpc) is 2.82. The average molecular weight is 338 g/mol. The molecule has 0 amide bonds. The summed E-state index contributed by atoms with van der Waals surface area (Å²) < 4.78 is 2.21. The summed E-state index contributed by atoms with van der Waals surface area (Å²) in [5.74, 6) is 1.82. The maximum absolute atomic E-state index is 5.20. The van der Waals surface area contributed by atoms with Crippen LogP contribution in [0.4, 0.5) is 5.82 Å². The number of anilines is 1. The second kappa shape index (κ2) is 7.20. The van der Waals surface area contributed by atoms with Crippen molar-refractivity contribution in [3.05, 3.63) is 41.1 Å². The Bertz CT molecular complexity index is 733. The van der Waals surface area contributed by atoms with E-state index >= 15 is 0 Å². The Morgan fingerprint density at radius 1 is 1.20 bits per heavy atom. The molecule has 1 aromatic carbocycles. The molecule has 2 aliphatic rings. The van der Waals surface area contributed by atoms with Gasteiger partial charge in [0.25, 0.3) is 0 Å². The van der Waals surface area contributed by atoms with E-state index in [1.165, 1.54) is 60.6 Å². The van der Waals surface area contributed by atoms with Gasteiger partial charge in [0.1, 0.15) is 5.82 Å². The minimum atomic E-state index is 0.572. The molecular weight excluding hydrogens is 308 g/mol. The number of aromatic nitrogens is 2. The summed E-state index contributed by atoms with van der Waals surface area (Å²) in [6.45, 7) is 5.64. The first-order valence-electron chi connectivity index (χ1n) is 9.90. The molecule has 0 saturated carbocycles. The van der Waals surface area contributed by atoms with Crippen LogP contribution in [0.15, 0.2) is 24.3 Å². The lowest BCUT2D eigenvalue weighted by Crippen LogP contribution is -2.31. The third kappa shape index (κ3) is 3.20. The van der Waals surface area contributed by atoms with Crippen LogP contribution < -0.4 is 5.32 Å². The maximum Gasteiger partial charge on any atom is 0.133 e. The number of hydrogen-bond acceptors (Lipinski definition) is 3. The Labute approximate surface area is 151 Å². The lowest BCUT2D eigenvalue weighted by atomic mass is 9.91. The van der Waals surface area contributed by atoms with Crippen molar-refractivity contribution in [1.82, 2.24) is 14.7 Å². The Hall–Kier alpha value is -1.81. The van der Waals surface area contributed by atoms with Gasteiger partial charge < -0.3 is 10.2 Å². The lowest BCUT2D eigenvalue weighted by Gasteiger charge is -2.29. The van der Waals surface area contributed by atoms with E-state index in [0.717, 1.165) is 25.9 Å². The minimum absolute atomic E-state index is 0.572. The van der Waals surface area contributed by atoms with Crippen LogP contribution in [-0.2, 0) is 12.8 Å². The predicted molar refractivity (Wildman–Crippen MR) is 104 cm³/mol. The number of rotatable bonds is 3. The number of hydrogen-bond donors (Lipinski definition) is 1. The first kappa shape index (κ1) is 16.6. The number of aryl methyl sites for hydroxylation is 1. The van der Waals surface area contributed by atoms with Gasteiger partial charge in [-0.05, 0) is 63.7 Å². The first-order valence-corrected chi connectivity index (χ1v) is 9.90. The zero-order chi connectivity index (χ0) is 17.2. The number of nitrogens with one attached hydrogen (secondary N) is 1. The summed E-state index contributed by atoms with van der Waals surface area (Å²) in [6.07, 6.45) is 7.24. The lowest BCUT2D eigenvalue weighted by molar-refractivity contribution is 0.247. The fraction of sp³-hybridized carbons (Fsp3) is 0.571. The predicted octanol–water partition coefficient (Wildman–Crippen LogP) is 3.99. The van der Waals surface area contributed by atoms with Gasteiger partial charge in [0.05, 0.1) is 11.4 Å². The van der Waals surface area contributed by atoms with Crippen LogP contribution in [0.5, 0.6) is 0 Å². The van der Waals surface area contributed by atoms with Crippen molar-refractivity contribution in [3.8, 4) is 5.69 Å². The van der Waals surface area contributed by atoms with Gasteiger partial charge in [0.15, 0.2) is 0 Å². The van der Waals surface area contributed by atoms with Crippen molar-refractivity contribution in [1.29, 1.82) is 0 Å². The van der Waals surface area contributed by atoms with E-state index in [2.05, 4.69) is 53.1 Å². The molecular formula is C21H30N4. The fourth-order valence-electron chi connectivity index (χ4n) is 4.44. The summed E-state index contributed by atoms with van der Waals surface area (Å²) in [5, 5.41) is 8.90. The van der Waals surface area contributed by atoms with Crippen molar-refractivity contribution >= 4 is 5.82 Å². The quantitative estimate of drug-likeness (QED) is 0.918. The van der Waals surface area contributed by atoms with Crippen molar-refractivity contribution in [2.45, 2.75) is 51.4 Å². The molecule has 4 heteroatoms. The van der Waals surface area contributed by atoms with Crippen molar-refractivity contribution in [2.75, 3.05) is 32.0 Å². The number of likely N-dealkylation sites (tertiary alicyclic amines) is 1. The highest BCUT2D eigenvalue weighted by Gasteiger charge is 2.28. The van der Waals surface area contributed by atoms with Gasteiger partial charge in [-0.2, -0.15) is 5.10 Å². The van der Waals surface area contributed by atoms with E-state index in [-0.39, 0.29) is 0 Å². The van der Waals surface area contributed by atoms with E-state index < -0.39 is 0 Å². The van der Waals surface area contributed by atoms with Gasteiger partial charge in [0.2, 0.25) is 0 Å². The first-order chi connectivity index (χ1) is 12.3. The van der Waals surface area contributed by atoms with E-state index in [1.54, 1.807) is 0 Å². The molecule has 4 nitrogen and oxygen atoms in total. The second-order valence-corrected chi connectivity index (χ2v) is 7.59. The van der Waals surface area contributed by atoms with Crippen molar-refractivity contribution in [2.24, 2.45) is 0 Å². The molecule has 25 heavy (non-hydrogen) atoms. The molecule has 1 unspecified atom stereocenters. The highest BCUT2D eigenvalue weighted by Crippen LogP contribution is 2.36. The monoisotopic (exact) mass is 338 g/mol. The summed E-state index contributed by atoms with van der Waals surface area (Å²) in [4.78, 5) is 2.46. The molecule has 4 rings (SSSR count). The molecule has 0 radical (unpaired) electrons. The molecule has 1 fully saturated rings. The van der Waals surface area contributed by atoms with Crippen LogP contribution in [0.25, 0.3) is 5.69 Å². The van der Waals surface area contributed by atoms with Crippen LogP contribution in [-0.4, -0.2) is 41.4 Å². The molecule has 0 bridgehead atoms. The molecule has 1 N–H and O–H groups in total. The summed E-state index contributed by atoms with van der Waals surface area (Å²) in [6, 6.07) is 8.71. The van der Waals surface area contributed by atoms with Crippen molar-refractivity contribution in [3.63, 3.8) is 0 Å². The van der Waals surface area contributed by atoms with Gasteiger partial charge in [-0.25, -0.2) is 4.68 Å². The smallest absolute Gasteiger partial charge is 0.133 e. The maximum atomic E-state index is 5.20. The summed E-state index contributed by atoms with van der Waals surface area (Å²) in [5.41, 5.74) is 5.43. The van der Waals surface area contributed by atoms with Crippen LogP contribution in [0.2, 0.25) is 0 Å². The largest absolute Gasteiger partial charge is 0.370 e. The molecule has 3 heterocycles. The highest BCUT2D eigenvalue weighted by molar-refractivity contribution is 5.57. The number of piperidine rings is 1. The Kier molecular flexibility index (Phi) is 4.80. The summed E-state index contributed by atoms with van der Waals surface area (Å²) >= 11 is 0. The zero-order valence-corrected chi connectivity index (χ0v) is 15.6. The molecule has 0 aliphatic carbocycles. The topological polar surface area (TPSA) is 33.1 Å². The van der Waals surface area contributed by atoms with Gasteiger partial charge in [-0.1, -0.05) is 25.1 Å². The van der Waals surface area contributed by atoms with Crippen LogP contribution in [0.3, 0.4) is 0 Å². The third-order valence-electron chi connectivity index (χ3n) is 5.77. The van der Waals surface area contributed by atoms with E-state index in [4.69, 9.17) is 5.10 Å². The SMILES string of the molecule is CCc1ccccc1-n1nc(C2CCCN(C)C2)c2c1NCCCC2. The van der Waals surface area contributed by atoms with Gasteiger partial charge in [-0.3, -0.25) is 0 Å². The van der Waals surface area contributed by atoms with Crippen molar-refractivity contribution < 1.29 is 0 Å². The minimum Gasteiger partial charge on any atom is -0.370 e.